The summed E-state index contributed by atoms with van der Waals surface area (Å²) < 4.78 is 11.3. The standard InChI is InChI=1S/C25H37N3O4/c29-23(28-14-17-32-18-22(28)21-6-2-1-3-7-21)27-11-10-25(30,20-26-12-15-31-16-13-26)24(19-27)8-4-5-9-24/h1-3,6-7,22,30H,4-5,8-20H2/t22-,25?/m0/s1. The van der Waals surface area contributed by atoms with Gasteiger partial charge in [-0.15, -0.1) is 0 Å². The van der Waals surface area contributed by atoms with E-state index in [0.717, 1.165) is 57.6 Å². The number of carbonyl (C=O) groups is 1. The van der Waals surface area contributed by atoms with E-state index in [0.29, 0.717) is 45.8 Å². The average Bonchev–Trinajstić information content (AvgIpc) is 3.32. The number of amides is 2. The Labute approximate surface area is 191 Å². The van der Waals surface area contributed by atoms with Crippen LogP contribution in [0.1, 0.15) is 43.7 Å². The molecule has 0 aromatic heterocycles. The minimum Gasteiger partial charge on any atom is -0.388 e. The fourth-order valence-electron chi connectivity index (χ4n) is 6.36. The van der Waals surface area contributed by atoms with Crippen LogP contribution in [0.25, 0.3) is 0 Å². The number of morpholine rings is 2. The maximum absolute atomic E-state index is 13.8. The van der Waals surface area contributed by atoms with Crippen LogP contribution in [0, 0.1) is 5.41 Å². The molecule has 3 saturated heterocycles. The second-order valence-electron chi connectivity index (χ2n) is 10.1. The van der Waals surface area contributed by atoms with Gasteiger partial charge in [0.25, 0.3) is 0 Å². The molecular weight excluding hydrogens is 406 g/mol. The van der Waals surface area contributed by atoms with Crippen LogP contribution >= 0.6 is 0 Å². The molecule has 3 aliphatic heterocycles. The summed E-state index contributed by atoms with van der Waals surface area (Å²) in [6, 6.07) is 10.3. The van der Waals surface area contributed by atoms with E-state index >= 15 is 0 Å². The van der Waals surface area contributed by atoms with Gasteiger partial charge in [-0.25, -0.2) is 4.79 Å². The molecule has 5 rings (SSSR count). The lowest BCUT2D eigenvalue weighted by molar-refractivity contribution is -0.147. The first-order valence-corrected chi connectivity index (χ1v) is 12.3. The fraction of sp³-hybridized carbons (Fsp3) is 0.720. The number of rotatable bonds is 3. The molecular formula is C25H37N3O4. The summed E-state index contributed by atoms with van der Waals surface area (Å²) in [7, 11) is 0. The van der Waals surface area contributed by atoms with Gasteiger partial charge in [-0.3, -0.25) is 4.90 Å². The van der Waals surface area contributed by atoms with Crippen molar-refractivity contribution in [3.05, 3.63) is 35.9 Å². The Kier molecular flexibility index (Phi) is 6.43. The number of carbonyl (C=O) groups excluding carboxylic acids is 1. The molecule has 7 nitrogen and oxygen atoms in total. The summed E-state index contributed by atoms with van der Waals surface area (Å²) in [5.74, 6) is 0. The predicted molar refractivity (Wildman–Crippen MR) is 121 cm³/mol. The van der Waals surface area contributed by atoms with Gasteiger partial charge in [0, 0.05) is 44.7 Å². The minimum absolute atomic E-state index is 0.0499. The van der Waals surface area contributed by atoms with E-state index in [9.17, 15) is 9.90 Å². The zero-order valence-corrected chi connectivity index (χ0v) is 19.1. The number of β-amino-alcohol motifs (C(OH)–C–C–N with tert-alkyl or cyclic N) is 1. The van der Waals surface area contributed by atoms with Gasteiger partial charge in [-0.05, 0) is 24.8 Å². The molecule has 4 aliphatic rings. The van der Waals surface area contributed by atoms with Crippen LogP contribution in [0.4, 0.5) is 4.79 Å². The first kappa shape index (κ1) is 22.1. The number of likely N-dealkylation sites (tertiary alicyclic amines) is 1. The second-order valence-corrected chi connectivity index (χ2v) is 10.1. The normalized spacial score (nSPS) is 31.2. The summed E-state index contributed by atoms with van der Waals surface area (Å²) in [4.78, 5) is 20.1. The molecule has 32 heavy (non-hydrogen) atoms. The van der Waals surface area contributed by atoms with Crippen molar-refractivity contribution in [2.24, 2.45) is 5.41 Å². The third kappa shape index (κ3) is 4.16. The summed E-state index contributed by atoms with van der Waals surface area (Å²) >= 11 is 0. The highest BCUT2D eigenvalue weighted by atomic mass is 16.5. The lowest BCUT2D eigenvalue weighted by Gasteiger charge is -2.54. The van der Waals surface area contributed by atoms with E-state index < -0.39 is 5.60 Å². The van der Waals surface area contributed by atoms with Crippen molar-refractivity contribution < 1.29 is 19.4 Å². The SMILES string of the molecule is O=C(N1CCC(O)(CN2CCOCC2)C2(CCCC2)C1)N1CCOC[C@H]1c1ccccc1. The lowest BCUT2D eigenvalue weighted by atomic mass is 9.65. The molecule has 3 heterocycles. The molecule has 1 unspecified atom stereocenters. The molecule has 1 N–H and O–H groups in total. The van der Waals surface area contributed by atoms with Gasteiger partial charge in [0.05, 0.1) is 38.1 Å². The minimum atomic E-state index is -0.735. The van der Waals surface area contributed by atoms with E-state index in [2.05, 4.69) is 17.0 Å². The van der Waals surface area contributed by atoms with Crippen LogP contribution in [-0.4, -0.2) is 97.1 Å². The molecule has 1 aromatic carbocycles. The van der Waals surface area contributed by atoms with Gasteiger partial charge in [-0.1, -0.05) is 43.2 Å². The van der Waals surface area contributed by atoms with Crippen molar-refractivity contribution in [3.63, 3.8) is 0 Å². The zero-order valence-electron chi connectivity index (χ0n) is 19.1. The molecule has 1 aliphatic carbocycles. The maximum Gasteiger partial charge on any atom is 0.320 e. The molecule has 0 radical (unpaired) electrons. The zero-order chi connectivity index (χ0) is 22.0. The summed E-state index contributed by atoms with van der Waals surface area (Å²) in [6.45, 7) is 6.94. The third-order valence-corrected chi connectivity index (χ3v) is 8.25. The first-order valence-electron chi connectivity index (χ1n) is 12.3. The van der Waals surface area contributed by atoms with Crippen molar-refractivity contribution in [3.8, 4) is 0 Å². The summed E-state index contributed by atoms with van der Waals surface area (Å²) in [5, 5.41) is 12.0. The molecule has 0 bridgehead atoms. The lowest BCUT2D eigenvalue weighted by Crippen LogP contribution is -2.65. The Hall–Kier alpha value is -1.67. The number of aliphatic hydroxyl groups is 1. The molecule has 1 saturated carbocycles. The van der Waals surface area contributed by atoms with Crippen molar-refractivity contribution in [2.75, 3.05) is 65.7 Å². The Morgan fingerprint density at radius 1 is 0.969 bits per heavy atom. The van der Waals surface area contributed by atoms with Crippen LogP contribution < -0.4 is 0 Å². The third-order valence-electron chi connectivity index (χ3n) is 8.25. The first-order chi connectivity index (χ1) is 15.6. The molecule has 1 aromatic rings. The topological polar surface area (TPSA) is 65.5 Å². The average molecular weight is 444 g/mol. The number of benzene rings is 1. The number of nitrogens with zero attached hydrogens (tertiary/aromatic N) is 3. The van der Waals surface area contributed by atoms with Crippen molar-refractivity contribution >= 4 is 6.03 Å². The van der Waals surface area contributed by atoms with E-state index in [-0.39, 0.29) is 17.5 Å². The fourth-order valence-corrected chi connectivity index (χ4v) is 6.36. The largest absolute Gasteiger partial charge is 0.388 e. The highest BCUT2D eigenvalue weighted by Crippen LogP contribution is 2.51. The van der Waals surface area contributed by atoms with Crippen LogP contribution in [-0.2, 0) is 9.47 Å². The van der Waals surface area contributed by atoms with Crippen molar-refractivity contribution in [2.45, 2.75) is 43.7 Å². The molecule has 2 atom stereocenters. The second kappa shape index (κ2) is 9.29. The highest BCUT2D eigenvalue weighted by Gasteiger charge is 2.56. The molecule has 4 fully saturated rings. The van der Waals surface area contributed by atoms with E-state index in [1.807, 2.05) is 28.0 Å². The molecule has 1 spiro atoms. The number of urea groups is 1. The van der Waals surface area contributed by atoms with Crippen LogP contribution in [0.3, 0.4) is 0 Å². The Balaban J connectivity index is 1.33. The van der Waals surface area contributed by atoms with Crippen molar-refractivity contribution in [1.29, 1.82) is 0 Å². The number of piperidine rings is 1. The number of ether oxygens (including phenoxy) is 2. The van der Waals surface area contributed by atoms with Gasteiger partial charge >= 0.3 is 6.03 Å². The molecule has 2 amide bonds. The Bertz CT molecular complexity index is 779. The Morgan fingerprint density at radius 3 is 2.44 bits per heavy atom. The number of hydrogen-bond acceptors (Lipinski definition) is 5. The number of hydrogen-bond donors (Lipinski definition) is 1. The van der Waals surface area contributed by atoms with Gasteiger partial charge in [-0.2, -0.15) is 0 Å². The molecule has 176 valence electrons. The maximum atomic E-state index is 13.8. The van der Waals surface area contributed by atoms with Gasteiger partial charge in [0.1, 0.15) is 0 Å². The Morgan fingerprint density at radius 2 is 1.69 bits per heavy atom. The van der Waals surface area contributed by atoms with Crippen LogP contribution in [0.5, 0.6) is 0 Å². The highest BCUT2D eigenvalue weighted by molar-refractivity contribution is 5.75. The van der Waals surface area contributed by atoms with Gasteiger partial charge in [0.2, 0.25) is 0 Å². The monoisotopic (exact) mass is 443 g/mol. The van der Waals surface area contributed by atoms with E-state index in [4.69, 9.17) is 9.47 Å². The predicted octanol–water partition coefficient (Wildman–Crippen LogP) is 2.51. The van der Waals surface area contributed by atoms with Gasteiger partial charge < -0.3 is 24.4 Å². The smallest absolute Gasteiger partial charge is 0.320 e. The summed E-state index contributed by atoms with van der Waals surface area (Å²) in [5.41, 5.74) is 0.187. The van der Waals surface area contributed by atoms with Crippen molar-refractivity contribution in [1.82, 2.24) is 14.7 Å². The quantitative estimate of drug-likeness (QED) is 0.778. The summed E-state index contributed by atoms with van der Waals surface area (Å²) in [6.07, 6.45) is 4.93. The van der Waals surface area contributed by atoms with Gasteiger partial charge in [0.15, 0.2) is 0 Å². The van der Waals surface area contributed by atoms with E-state index in [1.165, 1.54) is 0 Å². The van der Waals surface area contributed by atoms with E-state index in [1.54, 1.807) is 0 Å². The molecule has 7 heteroatoms. The van der Waals surface area contributed by atoms with Crippen LogP contribution in [0.2, 0.25) is 0 Å². The van der Waals surface area contributed by atoms with Crippen LogP contribution in [0.15, 0.2) is 30.3 Å².